The smallest absolute Gasteiger partial charge is 0.431 e. The van der Waals surface area contributed by atoms with Crippen LogP contribution in [0.1, 0.15) is 12.8 Å². The quantitative estimate of drug-likeness (QED) is 0.412. The fourth-order valence-corrected chi connectivity index (χ4v) is 0.927. The van der Waals surface area contributed by atoms with Crippen LogP contribution >= 0.6 is 0 Å². The maximum absolute atomic E-state index is 12.9. The molecule has 0 fully saturated rings. The Kier molecular flexibility index (Phi) is 4.63. The lowest BCUT2D eigenvalue weighted by atomic mass is 9.98. The minimum absolute atomic E-state index is 0.457. The molecule has 0 atom stereocenters. The molecule has 0 saturated heterocycles. The molecule has 16 heavy (non-hydrogen) atoms. The van der Waals surface area contributed by atoms with E-state index in [4.69, 9.17) is 0 Å². The molecule has 8 heteroatoms. The van der Waals surface area contributed by atoms with E-state index in [2.05, 4.69) is 11.3 Å². The first-order chi connectivity index (χ1) is 7.06. The van der Waals surface area contributed by atoms with Crippen molar-refractivity contribution in [1.29, 1.82) is 0 Å². The van der Waals surface area contributed by atoms with E-state index in [1.165, 1.54) is 0 Å². The highest BCUT2D eigenvalue weighted by atomic mass is 19.4. The van der Waals surface area contributed by atoms with Gasteiger partial charge in [0, 0.05) is 6.42 Å². The lowest BCUT2D eigenvalue weighted by Gasteiger charge is -2.29. The second-order valence-corrected chi connectivity index (χ2v) is 2.94. The molecule has 0 aromatic carbocycles. The highest BCUT2D eigenvalue weighted by molar-refractivity contribution is 4.94. The van der Waals surface area contributed by atoms with Gasteiger partial charge in [-0.05, 0) is 6.42 Å². The van der Waals surface area contributed by atoms with Gasteiger partial charge in [0.25, 0.3) is 5.67 Å². The van der Waals surface area contributed by atoms with E-state index < -0.39 is 37.5 Å². The minimum Gasteiger partial charge on any atom is -0.502 e. The maximum Gasteiger partial charge on any atom is 0.431 e. The molecule has 0 heterocycles. The van der Waals surface area contributed by atoms with Crippen LogP contribution in [0.2, 0.25) is 0 Å². The Morgan fingerprint density at radius 1 is 0.938 bits per heavy atom. The van der Waals surface area contributed by atoms with Crippen molar-refractivity contribution in [2.24, 2.45) is 0 Å². The molecule has 0 radical (unpaired) electrons. The number of hydrogen-bond acceptors (Lipinski definition) is 1. The molecule has 0 N–H and O–H groups in total. The minimum atomic E-state index is -5.99. The molecular formula is C8H9F7O. The molecule has 0 bridgehead atoms. The number of hydrogen-bond donors (Lipinski definition) is 0. The van der Waals surface area contributed by atoms with Crippen LogP contribution in [0.4, 0.5) is 30.7 Å². The summed E-state index contributed by atoms with van der Waals surface area (Å²) in [5.74, 6) is 0. The summed E-state index contributed by atoms with van der Waals surface area (Å²) in [7, 11) is 0. The van der Waals surface area contributed by atoms with Gasteiger partial charge in [0.2, 0.25) is 0 Å². The van der Waals surface area contributed by atoms with Crippen molar-refractivity contribution in [2.45, 2.75) is 30.9 Å². The summed E-state index contributed by atoms with van der Waals surface area (Å²) in [5, 5.41) is 0. The van der Waals surface area contributed by atoms with Crippen molar-refractivity contribution < 1.29 is 35.5 Å². The van der Waals surface area contributed by atoms with Crippen molar-refractivity contribution in [3.63, 3.8) is 0 Å². The maximum atomic E-state index is 12.9. The Hall–Kier alpha value is -0.950. The first-order valence-electron chi connectivity index (χ1n) is 4.11. The molecule has 0 rings (SSSR count). The van der Waals surface area contributed by atoms with E-state index >= 15 is 0 Å². The molecule has 0 aliphatic carbocycles. The summed E-state index contributed by atoms with van der Waals surface area (Å²) >= 11 is 0. The topological polar surface area (TPSA) is 9.23 Å². The van der Waals surface area contributed by atoms with Crippen molar-refractivity contribution >= 4 is 0 Å². The third-order valence-electron chi connectivity index (χ3n) is 1.80. The molecule has 0 saturated carbocycles. The van der Waals surface area contributed by atoms with Crippen LogP contribution in [0.5, 0.6) is 0 Å². The van der Waals surface area contributed by atoms with Gasteiger partial charge in [-0.3, -0.25) is 0 Å². The third kappa shape index (κ3) is 3.28. The lowest BCUT2D eigenvalue weighted by Crippen LogP contribution is -2.53. The van der Waals surface area contributed by atoms with Gasteiger partial charge in [-0.15, -0.1) is 0 Å². The fraction of sp³-hybridized carbons (Fsp3) is 0.750. The van der Waals surface area contributed by atoms with Crippen molar-refractivity contribution in [1.82, 2.24) is 0 Å². The fourth-order valence-electron chi connectivity index (χ4n) is 0.927. The molecule has 0 aromatic heterocycles. The molecule has 0 aliphatic rings. The summed E-state index contributed by atoms with van der Waals surface area (Å²) in [4.78, 5) is 0. The van der Waals surface area contributed by atoms with Crippen LogP contribution in [-0.4, -0.2) is 24.6 Å². The number of ether oxygens (including phenoxy) is 1. The van der Waals surface area contributed by atoms with E-state index in [-0.39, 0.29) is 0 Å². The average molecular weight is 254 g/mol. The van der Waals surface area contributed by atoms with Gasteiger partial charge in [-0.25, -0.2) is 4.39 Å². The predicted octanol–water partition coefficient (Wildman–Crippen LogP) is 3.76. The zero-order chi connectivity index (χ0) is 13.0. The van der Waals surface area contributed by atoms with Crippen LogP contribution in [0, 0.1) is 0 Å². The molecule has 96 valence electrons. The van der Waals surface area contributed by atoms with Crippen LogP contribution in [0.15, 0.2) is 12.8 Å². The third-order valence-corrected chi connectivity index (χ3v) is 1.80. The molecular weight excluding hydrogens is 245 g/mol. The van der Waals surface area contributed by atoms with Crippen molar-refractivity contribution in [2.75, 3.05) is 6.61 Å². The molecule has 0 aliphatic heterocycles. The molecule has 1 nitrogen and oxygen atoms in total. The monoisotopic (exact) mass is 254 g/mol. The molecule has 0 amide bonds. The largest absolute Gasteiger partial charge is 0.502 e. The highest BCUT2D eigenvalue weighted by Gasteiger charge is 2.71. The Bertz CT molecular complexity index is 216. The second-order valence-electron chi connectivity index (χ2n) is 2.94. The Labute approximate surface area is 86.9 Å². The Morgan fingerprint density at radius 3 is 1.69 bits per heavy atom. The van der Waals surface area contributed by atoms with Gasteiger partial charge >= 0.3 is 12.4 Å². The van der Waals surface area contributed by atoms with Crippen LogP contribution in [-0.2, 0) is 4.74 Å². The second kappa shape index (κ2) is 4.92. The van der Waals surface area contributed by atoms with Crippen LogP contribution in [0.3, 0.4) is 0 Å². The van der Waals surface area contributed by atoms with Crippen LogP contribution in [0.25, 0.3) is 0 Å². The van der Waals surface area contributed by atoms with Gasteiger partial charge < -0.3 is 4.74 Å². The predicted molar refractivity (Wildman–Crippen MR) is 41.3 cm³/mol. The molecule has 0 unspecified atom stereocenters. The van der Waals surface area contributed by atoms with Gasteiger partial charge in [0.1, 0.15) is 0 Å². The Morgan fingerprint density at radius 2 is 1.38 bits per heavy atom. The zero-order valence-corrected chi connectivity index (χ0v) is 7.96. The SMILES string of the molecule is C=COCCCC(F)(C(F)(F)F)C(F)(F)F. The van der Waals surface area contributed by atoms with Gasteiger partial charge in [-0.2, -0.15) is 26.3 Å². The first-order valence-corrected chi connectivity index (χ1v) is 4.11. The normalized spacial score (nSPS) is 13.7. The highest BCUT2D eigenvalue weighted by Crippen LogP contribution is 2.48. The first kappa shape index (κ1) is 15.0. The van der Waals surface area contributed by atoms with Gasteiger partial charge in [-0.1, -0.05) is 6.58 Å². The summed E-state index contributed by atoms with van der Waals surface area (Å²) in [6.45, 7) is 2.57. The van der Waals surface area contributed by atoms with Crippen LogP contribution < -0.4 is 0 Å². The van der Waals surface area contributed by atoms with Crippen molar-refractivity contribution in [3.05, 3.63) is 12.8 Å². The molecule has 0 spiro atoms. The Balaban J connectivity index is 4.64. The average Bonchev–Trinajstić information content (AvgIpc) is 2.08. The van der Waals surface area contributed by atoms with E-state index in [9.17, 15) is 30.7 Å². The molecule has 0 aromatic rings. The number of rotatable bonds is 5. The number of alkyl halides is 7. The number of halogens is 7. The summed E-state index contributed by atoms with van der Waals surface area (Å²) in [5.41, 5.74) is -5.19. The zero-order valence-electron chi connectivity index (χ0n) is 7.96. The standard InChI is InChI=1S/C8H9F7O/c1-2-16-5-3-4-6(9,7(10,11)12)8(13,14)15/h2H,1,3-5H2. The summed E-state index contributed by atoms with van der Waals surface area (Å²) in [6, 6.07) is 0. The van der Waals surface area contributed by atoms with E-state index in [1.54, 1.807) is 0 Å². The summed E-state index contributed by atoms with van der Waals surface area (Å²) < 4.78 is 88.9. The van der Waals surface area contributed by atoms with E-state index in [0.717, 1.165) is 6.26 Å². The van der Waals surface area contributed by atoms with Gasteiger partial charge in [0.15, 0.2) is 0 Å². The summed E-state index contributed by atoms with van der Waals surface area (Å²) in [6.07, 6.45) is -13.6. The van der Waals surface area contributed by atoms with Crippen molar-refractivity contribution in [3.8, 4) is 0 Å². The lowest BCUT2D eigenvalue weighted by molar-refractivity contribution is -0.343. The van der Waals surface area contributed by atoms with E-state index in [1.807, 2.05) is 0 Å². The van der Waals surface area contributed by atoms with Gasteiger partial charge in [0.05, 0.1) is 12.9 Å². The van der Waals surface area contributed by atoms with E-state index in [0.29, 0.717) is 0 Å².